The van der Waals surface area contributed by atoms with Crippen molar-refractivity contribution >= 4 is 40.0 Å². The van der Waals surface area contributed by atoms with Gasteiger partial charge in [-0.3, -0.25) is 0 Å². The molecular formula is C21H32IN5O3S. The van der Waals surface area contributed by atoms with Crippen molar-refractivity contribution in [2.24, 2.45) is 4.99 Å². The molecule has 0 saturated carbocycles. The fourth-order valence-corrected chi connectivity index (χ4v) is 4.82. The summed E-state index contributed by atoms with van der Waals surface area (Å²) in [5.74, 6) is 2.08. The fraction of sp³-hybridized carbons (Fsp3) is 0.524. The van der Waals surface area contributed by atoms with E-state index in [9.17, 15) is 8.42 Å². The van der Waals surface area contributed by atoms with E-state index >= 15 is 0 Å². The molecule has 1 fully saturated rings. The van der Waals surface area contributed by atoms with Crippen LogP contribution in [0, 0.1) is 13.8 Å². The summed E-state index contributed by atoms with van der Waals surface area (Å²) in [4.78, 5) is 9.28. The molecule has 2 heterocycles. The minimum absolute atomic E-state index is 0. The second kappa shape index (κ2) is 11.8. The van der Waals surface area contributed by atoms with Crippen LogP contribution in [0.5, 0.6) is 0 Å². The molecule has 1 aliphatic rings. The number of benzene rings is 1. The Morgan fingerprint density at radius 3 is 2.39 bits per heavy atom. The molecule has 0 unspecified atom stereocenters. The number of nitrogens with zero attached hydrogens (tertiary/aromatic N) is 3. The largest absolute Gasteiger partial charge is 0.444 e. The van der Waals surface area contributed by atoms with Gasteiger partial charge < -0.3 is 15.1 Å². The van der Waals surface area contributed by atoms with Crippen LogP contribution in [0.1, 0.15) is 49.1 Å². The van der Waals surface area contributed by atoms with Gasteiger partial charge in [-0.05, 0) is 51.3 Å². The molecular weight excluding hydrogens is 529 g/mol. The van der Waals surface area contributed by atoms with E-state index in [-0.39, 0.29) is 24.0 Å². The summed E-state index contributed by atoms with van der Waals surface area (Å²) in [6.45, 7) is 8.61. The average Bonchev–Trinajstić information content (AvgIpc) is 3.08. The standard InChI is InChI=1S/C21H31N5O3S.HI/c1-4-22-21(24-15-20-25-16(2)17(3)29-20)23-14-18-8-10-19(11-9-18)30(27,28)26-12-6-5-7-13-26;/h8-11H,4-7,12-15H2,1-3H3,(H2,22,23,24);1H. The van der Waals surface area contributed by atoms with Gasteiger partial charge in [-0.2, -0.15) is 4.31 Å². The molecule has 3 rings (SSSR count). The molecule has 0 radical (unpaired) electrons. The Balaban J connectivity index is 0.00000341. The van der Waals surface area contributed by atoms with Gasteiger partial charge in [0.15, 0.2) is 5.96 Å². The fourth-order valence-electron chi connectivity index (χ4n) is 3.31. The Kier molecular flexibility index (Phi) is 9.76. The second-order valence-corrected chi connectivity index (χ2v) is 9.34. The molecule has 172 valence electrons. The molecule has 1 aromatic carbocycles. The van der Waals surface area contributed by atoms with Gasteiger partial charge in [0.25, 0.3) is 0 Å². The zero-order valence-electron chi connectivity index (χ0n) is 18.3. The molecule has 2 aromatic rings. The van der Waals surface area contributed by atoms with E-state index < -0.39 is 10.0 Å². The summed E-state index contributed by atoms with van der Waals surface area (Å²) in [7, 11) is -3.40. The Morgan fingerprint density at radius 2 is 1.81 bits per heavy atom. The molecule has 0 bridgehead atoms. The first-order valence-corrected chi connectivity index (χ1v) is 11.9. The maximum atomic E-state index is 12.8. The SMILES string of the molecule is CCNC(=NCc1ccc(S(=O)(=O)N2CCCCC2)cc1)NCc1nc(C)c(C)o1.I. The minimum atomic E-state index is -3.40. The molecule has 31 heavy (non-hydrogen) atoms. The van der Waals surface area contributed by atoms with E-state index in [2.05, 4.69) is 20.6 Å². The predicted octanol–water partition coefficient (Wildman–Crippen LogP) is 3.34. The number of aromatic nitrogens is 1. The Labute approximate surface area is 202 Å². The number of piperidine rings is 1. The number of hydrogen-bond donors (Lipinski definition) is 2. The van der Waals surface area contributed by atoms with Crippen LogP contribution in [-0.2, 0) is 23.1 Å². The summed E-state index contributed by atoms with van der Waals surface area (Å²) in [6.07, 6.45) is 2.96. The van der Waals surface area contributed by atoms with Crippen LogP contribution in [0.3, 0.4) is 0 Å². The lowest BCUT2D eigenvalue weighted by atomic mass is 10.2. The first kappa shape index (κ1) is 25.6. The van der Waals surface area contributed by atoms with Crippen molar-refractivity contribution in [1.29, 1.82) is 0 Å². The predicted molar refractivity (Wildman–Crippen MR) is 132 cm³/mol. The number of aliphatic imine (C=N–C) groups is 1. The van der Waals surface area contributed by atoms with Gasteiger partial charge in [0.05, 0.1) is 23.7 Å². The van der Waals surface area contributed by atoms with Gasteiger partial charge >= 0.3 is 0 Å². The number of oxazole rings is 1. The Morgan fingerprint density at radius 1 is 1.13 bits per heavy atom. The maximum Gasteiger partial charge on any atom is 0.243 e. The van der Waals surface area contributed by atoms with E-state index in [1.165, 1.54) is 0 Å². The summed E-state index contributed by atoms with van der Waals surface area (Å²) in [6, 6.07) is 7.00. The van der Waals surface area contributed by atoms with Gasteiger partial charge in [-0.15, -0.1) is 24.0 Å². The zero-order valence-corrected chi connectivity index (χ0v) is 21.5. The highest BCUT2D eigenvalue weighted by atomic mass is 127. The molecule has 1 aromatic heterocycles. The van der Waals surface area contributed by atoms with Crippen LogP contribution >= 0.6 is 24.0 Å². The van der Waals surface area contributed by atoms with Crippen LogP contribution in [0.25, 0.3) is 0 Å². The topological polar surface area (TPSA) is 99.8 Å². The van der Waals surface area contributed by atoms with Gasteiger partial charge in [-0.1, -0.05) is 18.6 Å². The third-order valence-electron chi connectivity index (χ3n) is 5.12. The minimum Gasteiger partial charge on any atom is -0.444 e. The lowest BCUT2D eigenvalue weighted by Crippen LogP contribution is -2.36. The molecule has 1 aliphatic heterocycles. The lowest BCUT2D eigenvalue weighted by molar-refractivity contribution is 0.346. The van der Waals surface area contributed by atoms with E-state index in [1.54, 1.807) is 16.4 Å². The van der Waals surface area contributed by atoms with Crippen LogP contribution < -0.4 is 10.6 Å². The molecule has 0 atom stereocenters. The van der Waals surface area contributed by atoms with Crippen molar-refractivity contribution < 1.29 is 12.8 Å². The average molecular weight is 561 g/mol. The van der Waals surface area contributed by atoms with Crippen LogP contribution in [-0.4, -0.2) is 43.3 Å². The Hall–Kier alpha value is -1.66. The van der Waals surface area contributed by atoms with Crippen molar-refractivity contribution in [3.8, 4) is 0 Å². The van der Waals surface area contributed by atoms with Crippen LogP contribution in [0.4, 0.5) is 0 Å². The highest BCUT2D eigenvalue weighted by Gasteiger charge is 2.25. The Bertz CT molecular complexity index is 948. The van der Waals surface area contributed by atoms with Crippen LogP contribution in [0.2, 0.25) is 0 Å². The maximum absolute atomic E-state index is 12.8. The molecule has 1 saturated heterocycles. The smallest absolute Gasteiger partial charge is 0.243 e. The van der Waals surface area contributed by atoms with Crippen molar-refractivity contribution in [1.82, 2.24) is 19.9 Å². The number of halogens is 1. The summed E-state index contributed by atoms with van der Waals surface area (Å²) in [5, 5.41) is 6.40. The van der Waals surface area contributed by atoms with Gasteiger partial charge in [0, 0.05) is 19.6 Å². The molecule has 10 heteroatoms. The van der Waals surface area contributed by atoms with E-state index in [4.69, 9.17) is 4.42 Å². The van der Waals surface area contributed by atoms with Gasteiger partial charge in [0.2, 0.25) is 15.9 Å². The molecule has 0 amide bonds. The lowest BCUT2D eigenvalue weighted by Gasteiger charge is -2.25. The third kappa shape index (κ3) is 6.91. The van der Waals surface area contributed by atoms with E-state index in [0.29, 0.717) is 42.9 Å². The normalized spacial score (nSPS) is 15.4. The van der Waals surface area contributed by atoms with Gasteiger partial charge in [0.1, 0.15) is 5.76 Å². The second-order valence-electron chi connectivity index (χ2n) is 7.41. The summed E-state index contributed by atoms with van der Waals surface area (Å²) < 4.78 is 32.7. The number of sulfonamides is 1. The van der Waals surface area contributed by atoms with Crippen molar-refractivity contribution in [2.45, 2.75) is 58.0 Å². The van der Waals surface area contributed by atoms with Crippen LogP contribution in [0.15, 0.2) is 38.6 Å². The first-order chi connectivity index (χ1) is 14.4. The van der Waals surface area contributed by atoms with Crippen molar-refractivity contribution in [3.05, 3.63) is 47.2 Å². The number of aryl methyl sites for hydroxylation is 2. The van der Waals surface area contributed by atoms with Crippen molar-refractivity contribution in [2.75, 3.05) is 19.6 Å². The molecule has 8 nitrogen and oxygen atoms in total. The number of hydrogen-bond acceptors (Lipinski definition) is 5. The van der Waals surface area contributed by atoms with E-state index in [1.807, 2.05) is 32.9 Å². The highest BCUT2D eigenvalue weighted by molar-refractivity contribution is 14.0. The quantitative estimate of drug-likeness (QED) is 0.306. The van der Waals surface area contributed by atoms with Crippen molar-refractivity contribution in [3.63, 3.8) is 0 Å². The number of rotatable bonds is 7. The van der Waals surface area contributed by atoms with Gasteiger partial charge in [-0.25, -0.2) is 18.4 Å². The molecule has 0 aliphatic carbocycles. The number of guanidine groups is 1. The van der Waals surface area contributed by atoms with E-state index in [0.717, 1.165) is 42.8 Å². The molecule has 0 spiro atoms. The number of nitrogens with one attached hydrogen (secondary N) is 2. The summed E-state index contributed by atoms with van der Waals surface area (Å²) in [5.41, 5.74) is 1.82. The third-order valence-corrected chi connectivity index (χ3v) is 7.03. The first-order valence-electron chi connectivity index (χ1n) is 10.4. The molecule has 2 N–H and O–H groups in total. The monoisotopic (exact) mass is 561 g/mol. The highest BCUT2D eigenvalue weighted by Crippen LogP contribution is 2.21. The zero-order chi connectivity index (χ0) is 21.6. The summed E-state index contributed by atoms with van der Waals surface area (Å²) >= 11 is 0.